The van der Waals surface area contributed by atoms with Crippen molar-refractivity contribution in [1.29, 1.82) is 0 Å². The summed E-state index contributed by atoms with van der Waals surface area (Å²) in [5.41, 5.74) is 1.30. The predicted octanol–water partition coefficient (Wildman–Crippen LogP) is 1.60. The summed E-state index contributed by atoms with van der Waals surface area (Å²) < 4.78 is 5.26. The van der Waals surface area contributed by atoms with E-state index in [4.69, 9.17) is 4.74 Å². The fourth-order valence-electron chi connectivity index (χ4n) is 2.34. The number of thiophene rings is 1. The summed E-state index contributed by atoms with van der Waals surface area (Å²) in [5, 5.41) is 5.14. The maximum absolute atomic E-state index is 12.0. The van der Waals surface area contributed by atoms with Crippen LogP contribution < -0.4 is 5.32 Å². The van der Waals surface area contributed by atoms with Gasteiger partial charge in [-0.1, -0.05) is 0 Å². The van der Waals surface area contributed by atoms with Gasteiger partial charge in [-0.15, -0.1) is 11.3 Å². The van der Waals surface area contributed by atoms with Crippen molar-refractivity contribution in [2.45, 2.75) is 25.4 Å². The Morgan fingerprint density at radius 1 is 1.59 bits per heavy atom. The number of carbonyl (C=O) groups excluding carboxylic acids is 1. The Balaban J connectivity index is 1.60. The van der Waals surface area contributed by atoms with Crippen molar-refractivity contribution in [2.24, 2.45) is 0 Å². The topological polar surface area (TPSA) is 41.6 Å². The minimum absolute atomic E-state index is 0.0531. The predicted molar refractivity (Wildman–Crippen MR) is 66.2 cm³/mol. The average molecular weight is 252 g/mol. The molecule has 0 radical (unpaired) electrons. The van der Waals surface area contributed by atoms with Crippen molar-refractivity contribution in [3.8, 4) is 0 Å². The van der Waals surface area contributed by atoms with E-state index in [0.717, 1.165) is 32.5 Å². The largest absolute Gasteiger partial charge is 0.379 e. The van der Waals surface area contributed by atoms with Gasteiger partial charge in [0.25, 0.3) is 0 Å². The fraction of sp³-hybridized carbons (Fsp3) is 0.583. The lowest BCUT2D eigenvalue weighted by Gasteiger charge is -2.28. The molecule has 1 aromatic heterocycles. The molecule has 0 aromatic carbocycles. The number of amides is 2. The van der Waals surface area contributed by atoms with Crippen molar-refractivity contribution in [3.05, 3.63) is 21.9 Å². The normalized spacial score (nSPS) is 23.5. The highest BCUT2D eigenvalue weighted by atomic mass is 32.1. The lowest BCUT2D eigenvalue weighted by molar-refractivity contribution is 0.175. The van der Waals surface area contributed by atoms with Crippen LogP contribution in [0.3, 0.4) is 0 Å². The molecule has 0 spiro atoms. The Labute approximate surface area is 105 Å². The van der Waals surface area contributed by atoms with E-state index >= 15 is 0 Å². The Kier molecular flexibility index (Phi) is 3.03. The zero-order chi connectivity index (χ0) is 11.7. The van der Waals surface area contributed by atoms with Gasteiger partial charge in [0.05, 0.1) is 12.6 Å². The molecule has 2 aliphatic heterocycles. The molecule has 3 heterocycles. The Morgan fingerprint density at radius 2 is 2.53 bits per heavy atom. The zero-order valence-corrected chi connectivity index (χ0v) is 10.5. The number of urea groups is 1. The van der Waals surface area contributed by atoms with E-state index in [1.165, 1.54) is 10.4 Å². The summed E-state index contributed by atoms with van der Waals surface area (Å²) in [5.74, 6) is 0. The summed E-state index contributed by atoms with van der Waals surface area (Å²) >= 11 is 1.79. The van der Waals surface area contributed by atoms with E-state index < -0.39 is 0 Å². The summed E-state index contributed by atoms with van der Waals surface area (Å²) in [6.45, 7) is 2.99. The summed E-state index contributed by atoms with van der Waals surface area (Å²) in [6.07, 6.45) is 1.92. The second-order valence-corrected chi connectivity index (χ2v) is 5.55. The van der Waals surface area contributed by atoms with Gasteiger partial charge in [0.15, 0.2) is 0 Å². The standard InChI is InChI=1S/C12H16N2O2S/c15-12(13-10-2-5-16-8-10)14-4-1-11-9(7-14)3-6-17-11/h3,6,10H,1-2,4-5,7-8H2,(H,13,15). The second kappa shape index (κ2) is 4.66. The molecule has 92 valence electrons. The Bertz CT molecular complexity index is 412. The van der Waals surface area contributed by atoms with Crippen molar-refractivity contribution in [3.63, 3.8) is 0 Å². The number of hydrogen-bond donors (Lipinski definition) is 1. The van der Waals surface area contributed by atoms with Crippen molar-refractivity contribution in [1.82, 2.24) is 10.2 Å². The summed E-state index contributed by atoms with van der Waals surface area (Å²) in [7, 11) is 0. The van der Waals surface area contributed by atoms with Crippen LogP contribution in [-0.2, 0) is 17.7 Å². The van der Waals surface area contributed by atoms with Gasteiger partial charge in [-0.2, -0.15) is 0 Å². The minimum atomic E-state index is 0.0531. The molecular formula is C12H16N2O2S. The van der Waals surface area contributed by atoms with E-state index in [1.807, 2.05) is 4.90 Å². The fourth-order valence-corrected chi connectivity index (χ4v) is 3.23. The quantitative estimate of drug-likeness (QED) is 0.825. The lowest BCUT2D eigenvalue weighted by Crippen LogP contribution is -2.46. The lowest BCUT2D eigenvalue weighted by atomic mass is 10.1. The van der Waals surface area contributed by atoms with Gasteiger partial charge in [0.1, 0.15) is 0 Å². The molecule has 2 amide bonds. The highest BCUT2D eigenvalue weighted by Crippen LogP contribution is 2.24. The molecule has 3 rings (SSSR count). The van der Waals surface area contributed by atoms with Gasteiger partial charge < -0.3 is 15.0 Å². The maximum Gasteiger partial charge on any atom is 0.318 e. The Hall–Kier alpha value is -1.07. The van der Waals surface area contributed by atoms with Gasteiger partial charge in [-0.25, -0.2) is 4.79 Å². The molecule has 0 aliphatic carbocycles. The van der Waals surface area contributed by atoms with Gasteiger partial charge in [-0.3, -0.25) is 0 Å². The third-order valence-electron chi connectivity index (χ3n) is 3.35. The minimum Gasteiger partial charge on any atom is -0.379 e. The number of nitrogens with one attached hydrogen (secondary N) is 1. The van der Waals surface area contributed by atoms with E-state index in [-0.39, 0.29) is 12.1 Å². The van der Waals surface area contributed by atoms with Crippen LogP contribution in [0.15, 0.2) is 11.4 Å². The van der Waals surface area contributed by atoms with Crippen LogP contribution in [0.2, 0.25) is 0 Å². The first-order valence-corrected chi connectivity index (χ1v) is 6.89. The van der Waals surface area contributed by atoms with Gasteiger partial charge >= 0.3 is 6.03 Å². The van der Waals surface area contributed by atoms with Crippen LogP contribution in [0.1, 0.15) is 16.9 Å². The van der Waals surface area contributed by atoms with Crippen LogP contribution >= 0.6 is 11.3 Å². The molecule has 17 heavy (non-hydrogen) atoms. The smallest absolute Gasteiger partial charge is 0.318 e. The number of fused-ring (bicyclic) bond motifs is 1. The van der Waals surface area contributed by atoms with Crippen LogP contribution in [0.5, 0.6) is 0 Å². The molecule has 1 atom stereocenters. The summed E-state index contributed by atoms with van der Waals surface area (Å²) in [6, 6.07) is 2.38. The highest BCUT2D eigenvalue weighted by Gasteiger charge is 2.24. The third kappa shape index (κ3) is 2.30. The third-order valence-corrected chi connectivity index (χ3v) is 4.38. The maximum atomic E-state index is 12.0. The molecule has 1 unspecified atom stereocenters. The SMILES string of the molecule is O=C(NC1CCOC1)N1CCc2sccc2C1. The molecule has 4 nitrogen and oxygen atoms in total. The molecule has 0 saturated carbocycles. The van der Waals surface area contributed by atoms with Crippen molar-refractivity contribution >= 4 is 17.4 Å². The van der Waals surface area contributed by atoms with E-state index in [9.17, 15) is 4.79 Å². The average Bonchev–Trinajstić information content (AvgIpc) is 2.97. The van der Waals surface area contributed by atoms with Crippen LogP contribution in [0.4, 0.5) is 4.79 Å². The Morgan fingerprint density at radius 3 is 3.35 bits per heavy atom. The van der Waals surface area contributed by atoms with E-state index in [0.29, 0.717) is 6.61 Å². The molecule has 1 fully saturated rings. The van der Waals surface area contributed by atoms with Gasteiger partial charge in [-0.05, 0) is 29.9 Å². The molecule has 1 N–H and O–H groups in total. The molecule has 1 saturated heterocycles. The highest BCUT2D eigenvalue weighted by molar-refractivity contribution is 7.10. The summed E-state index contributed by atoms with van der Waals surface area (Å²) in [4.78, 5) is 15.4. The van der Waals surface area contributed by atoms with Crippen LogP contribution in [0.25, 0.3) is 0 Å². The van der Waals surface area contributed by atoms with E-state index in [2.05, 4.69) is 16.8 Å². The van der Waals surface area contributed by atoms with Crippen molar-refractivity contribution in [2.75, 3.05) is 19.8 Å². The first-order chi connectivity index (χ1) is 8.33. The molecule has 1 aromatic rings. The molecule has 2 aliphatic rings. The first-order valence-electron chi connectivity index (χ1n) is 6.01. The second-order valence-electron chi connectivity index (χ2n) is 4.55. The molecule has 5 heteroatoms. The monoisotopic (exact) mass is 252 g/mol. The van der Waals surface area contributed by atoms with Crippen LogP contribution in [0, 0.1) is 0 Å². The number of ether oxygens (including phenoxy) is 1. The molecular weight excluding hydrogens is 236 g/mol. The van der Waals surface area contributed by atoms with E-state index in [1.54, 1.807) is 11.3 Å². The van der Waals surface area contributed by atoms with Gasteiger partial charge in [0.2, 0.25) is 0 Å². The number of hydrogen-bond acceptors (Lipinski definition) is 3. The number of carbonyl (C=O) groups is 1. The zero-order valence-electron chi connectivity index (χ0n) is 9.65. The number of rotatable bonds is 1. The molecule has 0 bridgehead atoms. The van der Waals surface area contributed by atoms with Gasteiger partial charge in [0, 0.05) is 24.6 Å². The van der Waals surface area contributed by atoms with Crippen molar-refractivity contribution < 1.29 is 9.53 Å². The number of nitrogens with zero attached hydrogens (tertiary/aromatic N) is 1. The van der Waals surface area contributed by atoms with Crippen LogP contribution in [-0.4, -0.2) is 36.7 Å². The first kappa shape index (κ1) is 11.0.